The second-order valence-electron chi connectivity index (χ2n) is 6.95. The Kier molecular flexibility index (Phi) is 4.64. The number of aliphatic hydroxyl groups is 1. The molecule has 1 amide bonds. The minimum absolute atomic E-state index is 0.0181. The average Bonchev–Trinajstić information content (AvgIpc) is 3.55. The van der Waals surface area contributed by atoms with Crippen molar-refractivity contribution >= 4 is 49.7 Å². The maximum atomic E-state index is 13.1. The number of furan rings is 1. The highest BCUT2D eigenvalue weighted by Gasteiger charge is 2.46. The first kappa shape index (κ1) is 19.5. The summed E-state index contributed by atoms with van der Waals surface area (Å²) in [6.07, 6.45) is 1.38. The molecule has 4 aromatic rings. The highest BCUT2D eigenvalue weighted by atomic mass is 32.1. The number of aryl methyl sites for hydroxylation is 1. The van der Waals surface area contributed by atoms with Crippen LogP contribution in [0.4, 0.5) is 5.13 Å². The van der Waals surface area contributed by atoms with Crippen molar-refractivity contribution in [2.24, 2.45) is 0 Å². The minimum Gasteiger partial charge on any atom is -0.503 e. The molecule has 4 heterocycles. The number of nitrogens with zero attached hydrogens (tertiary/aromatic N) is 2. The van der Waals surface area contributed by atoms with Gasteiger partial charge >= 0.3 is 0 Å². The number of anilines is 1. The lowest BCUT2D eigenvalue weighted by atomic mass is 10.0. The van der Waals surface area contributed by atoms with Crippen LogP contribution in [0.2, 0.25) is 0 Å². The summed E-state index contributed by atoms with van der Waals surface area (Å²) in [5, 5.41) is 13.0. The molecule has 1 aromatic carbocycles. The zero-order valence-electron chi connectivity index (χ0n) is 16.5. The van der Waals surface area contributed by atoms with Crippen LogP contribution < -0.4 is 9.64 Å². The van der Waals surface area contributed by atoms with E-state index in [1.807, 2.05) is 36.6 Å². The van der Waals surface area contributed by atoms with Crippen molar-refractivity contribution in [1.29, 1.82) is 0 Å². The summed E-state index contributed by atoms with van der Waals surface area (Å²) in [4.78, 5) is 33.0. The van der Waals surface area contributed by atoms with E-state index in [4.69, 9.17) is 9.15 Å². The fourth-order valence-electron chi connectivity index (χ4n) is 3.66. The van der Waals surface area contributed by atoms with E-state index >= 15 is 0 Å². The van der Waals surface area contributed by atoms with Crippen molar-refractivity contribution in [3.8, 4) is 5.75 Å². The number of aromatic nitrogens is 1. The maximum absolute atomic E-state index is 13.1. The van der Waals surface area contributed by atoms with Gasteiger partial charge < -0.3 is 14.3 Å². The third kappa shape index (κ3) is 3.05. The van der Waals surface area contributed by atoms with E-state index in [1.54, 1.807) is 13.2 Å². The Hall–Kier alpha value is -3.43. The molecule has 3 aromatic heterocycles. The molecule has 0 aliphatic carbocycles. The summed E-state index contributed by atoms with van der Waals surface area (Å²) in [6, 6.07) is 9.71. The van der Waals surface area contributed by atoms with E-state index in [-0.39, 0.29) is 11.3 Å². The number of benzene rings is 1. The molecule has 1 aliphatic heterocycles. The SMILES string of the molecule is COc1cc2sc(N3C(=O)C(O)=C(C(=O)c4ccco4)C3c3cccs3)nc2cc1C. The van der Waals surface area contributed by atoms with Gasteiger partial charge in [0.1, 0.15) is 11.8 Å². The number of ether oxygens (including phenoxy) is 1. The van der Waals surface area contributed by atoms with Crippen molar-refractivity contribution in [2.45, 2.75) is 13.0 Å². The first-order chi connectivity index (χ1) is 15.0. The van der Waals surface area contributed by atoms with Gasteiger partial charge in [-0.1, -0.05) is 17.4 Å². The molecule has 0 fully saturated rings. The molecule has 1 N–H and O–H groups in total. The standard InChI is InChI=1S/C22H16N2O5S2/c1-11-9-12-16(10-14(11)28-2)31-22(23-12)24-18(15-6-4-8-30-15)17(20(26)21(24)27)19(25)13-5-3-7-29-13/h3-10,18,26H,1-2H3. The smallest absolute Gasteiger partial charge is 0.296 e. The van der Waals surface area contributed by atoms with E-state index in [2.05, 4.69) is 4.98 Å². The van der Waals surface area contributed by atoms with Crippen LogP contribution in [0.5, 0.6) is 5.75 Å². The third-order valence-electron chi connectivity index (χ3n) is 5.11. The van der Waals surface area contributed by atoms with Gasteiger partial charge in [0.25, 0.3) is 5.91 Å². The van der Waals surface area contributed by atoms with Crippen LogP contribution in [0.3, 0.4) is 0 Å². The van der Waals surface area contributed by atoms with Gasteiger partial charge in [-0.3, -0.25) is 14.5 Å². The lowest BCUT2D eigenvalue weighted by Gasteiger charge is -2.22. The number of fused-ring (bicyclic) bond motifs is 1. The van der Waals surface area contributed by atoms with Crippen LogP contribution in [-0.4, -0.2) is 28.9 Å². The molecule has 0 saturated carbocycles. The van der Waals surface area contributed by atoms with Crippen molar-refractivity contribution in [3.05, 3.63) is 75.6 Å². The van der Waals surface area contributed by atoms with E-state index in [1.165, 1.54) is 39.9 Å². The Bertz CT molecular complexity index is 1340. The monoisotopic (exact) mass is 452 g/mol. The Labute approximate surface area is 184 Å². The van der Waals surface area contributed by atoms with Crippen LogP contribution in [0.15, 0.2) is 63.8 Å². The van der Waals surface area contributed by atoms with E-state index < -0.39 is 23.5 Å². The molecule has 0 bridgehead atoms. The predicted molar refractivity (Wildman–Crippen MR) is 118 cm³/mol. The second kappa shape index (κ2) is 7.36. The van der Waals surface area contributed by atoms with Gasteiger partial charge in [-0.25, -0.2) is 4.98 Å². The van der Waals surface area contributed by atoms with Gasteiger partial charge in [0.05, 0.1) is 29.2 Å². The normalized spacial score (nSPS) is 16.5. The number of hydrogen-bond donors (Lipinski definition) is 1. The molecular formula is C22H16N2O5S2. The molecule has 0 spiro atoms. The second-order valence-corrected chi connectivity index (χ2v) is 8.94. The summed E-state index contributed by atoms with van der Waals surface area (Å²) in [7, 11) is 1.60. The van der Waals surface area contributed by atoms with Crippen molar-refractivity contribution in [1.82, 2.24) is 4.98 Å². The average molecular weight is 453 g/mol. The number of Topliss-reactive ketones (excluding diaryl/α,β-unsaturated/α-hetero) is 1. The van der Waals surface area contributed by atoms with Gasteiger partial charge in [0.2, 0.25) is 5.78 Å². The Balaban J connectivity index is 1.66. The van der Waals surface area contributed by atoms with Gasteiger partial charge in [0, 0.05) is 4.88 Å². The number of ketones is 1. The Morgan fingerprint density at radius 2 is 2.13 bits per heavy atom. The molecule has 31 heavy (non-hydrogen) atoms. The molecule has 1 aliphatic rings. The fraction of sp³-hybridized carbons (Fsp3) is 0.136. The predicted octanol–water partition coefficient (Wildman–Crippen LogP) is 5.05. The number of thiophene rings is 1. The molecular weight excluding hydrogens is 436 g/mol. The summed E-state index contributed by atoms with van der Waals surface area (Å²) in [5.41, 5.74) is 1.61. The van der Waals surface area contributed by atoms with E-state index in [0.717, 1.165) is 20.9 Å². The zero-order chi connectivity index (χ0) is 21.7. The van der Waals surface area contributed by atoms with Gasteiger partial charge in [0.15, 0.2) is 16.7 Å². The van der Waals surface area contributed by atoms with Crippen LogP contribution in [0.25, 0.3) is 10.2 Å². The quantitative estimate of drug-likeness (QED) is 0.426. The van der Waals surface area contributed by atoms with Gasteiger partial charge in [-0.05, 0) is 48.2 Å². The maximum Gasteiger partial charge on any atom is 0.296 e. The number of amides is 1. The summed E-state index contributed by atoms with van der Waals surface area (Å²) in [5.74, 6) is -1.01. The minimum atomic E-state index is -0.798. The van der Waals surface area contributed by atoms with Gasteiger partial charge in [-0.2, -0.15) is 0 Å². The lowest BCUT2D eigenvalue weighted by Crippen LogP contribution is -2.30. The zero-order valence-corrected chi connectivity index (χ0v) is 18.1. The van der Waals surface area contributed by atoms with Crippen LogP contribution >= 0.6 is 22.7 Å². The first-order valence-corrected chi connectivity index (χ1v) is 11.0. The number of carbonyl (C=O) groups excluding carboxylic acids is 2. The number of methoxy groups -OCH3 is 1. The topological polar surface area (TPSA) is 92.9 Å². The fourth-order valence-corrected chi connectivity index (χ4v) is 5.49. The highest BCUT2D eigenvalue weighted by Crippen LogP contribution is 2.45. The van der Waals surface area contributed by atoms with Crippen molar-refractivity contribution in [2.75, 3.05) is 12.0 Å². The number of rotatable bonds is 5. The van der Waals surface area contributed by atoms with Crippen LogP contribution in [0, 0.1) is 6.92 Å². The Morgan fingerprint density at radius 3 is 2.81 bits per heavy atom. The summed E-state index contributed by atoms with van der Waals surface area (Å²) in [6.45, 7) is 1.92. The molecule has 0 saturated heterocycles. The molecule has 156 valence electrons. The molecule has 1 atom stereocenters. The largest absolute Gasteiger partial charge is 0.503 e. The van der Waals surface area contributed by atoms with Crippen molar-refractivity contribution < 1.29 is 23.8 Å². The molecule has 9 heteroatoms. The van der Waals surface area contributed by atoms with Crippen molar-refractivity contribution in [3.63, 3.8) is 0 Å². The van der Waals surface area contributed by atoms with Gasteiger partial charge in [-0.15, -0.1) is 11.3 Å². The molecule has 5 rings (SSSR count). The Morgan fingerprint density at radius 1 is 1.29 bits per heavy atom. The summed E-state index contributed by atoms with van der Waals surface area (Å²) < 4.78 is 11.5. The number of thiazole rings is 1. The number of aliphatic hydroxyl groups excluding tert-OH is 1. The molecule has 0 radical (unpaired) electrons. The van der Waals surface area contributed by atoms with E-state index in [9.17, 15) is 14.7 Å². The summed E-state index contributed by atoms with van der Waals surface area (Å²) >= 11 is 2.69. The highest BCUT2D eigenvalue weighted by molar-refractivity contribution is 7.22. The first-order valence-electron chi connectivity index (χ1n) is 9.33. The molecule has 1 unspecified atom stereocenters. The van der Waals surface area contributed by atoms with E-state index in [0.29, 0.717) is 10.6 Å². The number of carbonyl (C=O) groups is 2. The molecule has 7 nitrogen and oxygen atoms in total. The lowest BCUT2D eigenvalue weighted by molar-refractivity contribution is -0.117. The third-order valence-corrected chi connectivity index (χ3v) is 7.05. The van der Waals surface area contributed by atoms with Crippen LogP contribution in [0.1, 0.15) is 27.0 Å². The number of hydrogen-bond acceptors (Lipinski definition) is 8. The van der Waals surface area contributed by atoms with Crippen LogP contribution in [-0.2, 0) is 4.79 Å².